The maximum absolute atomic E-state index is 11.7. The zero-order valence-electron chi connectivity index (χ0n) is 12.1. The number of carbonyl (C=O) groups excluding carboxylic acids is 1. The van der Waals surface area contributed by atoms with Crippen molar-refractivity contribution in [3.05, 3.63) is 53.6 Å². The van der Waals surface area contributed by atoms with E-state index in [9.17, 15) is 15.0 Å². The number of amides is 1. The van der Waals surface area contributed by atoms with Gasteiger partial charge in [-0.3, -0.25) is 4.79 Å². The Bertz CT molecular complexity index is 699. The summed E-state index contributed by atoms with van der Waals surface area (Å²) in [5, 5.41) is 25.3. The van der Waals surface area contributed by atoms with Gasteiger partial charge in [-0.25, -0.2) is 5.43 Å². The summed E-state index contributed by atoms with van der Waals surface area (Å²) in [5.41, 5.74) is 4.88. The minimum atomic E-state index is -0.289. The number of aryl methyl sites for hydroxylation is 1. The van der Waals surface area contributed by atoms with Gasteiger partial charge in [0.25, 0.3) is 5.91 Å². The van der Waals surface area contributed by atoms with Crippen LogP contribution in [0.3, 0.4) is 0 Å². The van der Waals surface area contributed by atoms with Gasteiger partial charge < -0.3 is 15.5 Å². The van der Waals surface area contributed by atoms with E-state index in [-0.39, 0.29) is 24.0 Å². The average Bonchev–Trinajstić information content (AvgIpc) is 2.50. The molecule has 0 radical (unpaired) electrons. The van der Waals surface area contributed by atoms with Crippen LogP contribution in [0.5, 0.6) is 11.5 Å². The number of phenolic OH excluding ortho intramolecular Hbond substituents is 2. The first-order chi connectivity index (χ1) is 10.6. The van der Waals surface area contributed by atoms with Crippen LogP contribution in [-0.4, -0.2) is 28.9 Å². The van der Waals surface area contributed by atoms with Crippen molar-refractivity contribution >= 4 is 17.8 Å². The van der Waals surface area contributed by atoms with E-state index in [0.717, 1.165) is 11.3 Å². The Labute approximate surface area is 128 Å². The smallest absolute Gasteiger partial charge is 0.259 e. The third-order valence-electron chi connectivity index (χ3n) is 2.99. The van der Waals surface area contributed by atoms with Gasteiger partial charge in [0, 0.05) is 5.69 Å². The van der Waals surface area contributed by atoms with Gasteiger partial charge in [-0.15, -0.1) is 0 Å². The Hall–Kier alpha value is -3.02. The maximum atomic E-state index is 11.7. The number of phenols is 2. The quantitative estimate of drug-likeness (QED) is 0.386. The van der Waals surface area contributed by atoms with Crippen LogP contribution < -0.4 is 10.7 Å². The molecule has 2 aromatic carbocycles. The molecule has 0 aliphatic carbocycles. The molecule has 0 bridgehead atoms. The van der Waals surface area contributed by atoms with E-state index in [1.807, 2.05) is 31.2 Å². The molecule has 0 aromatic heterocycles. The highest BCUT2D eigenvalue weighted by molar-refractivity contribution is 5.84. The second kappa shape index (κ2) is 7.12. The average molecular weight is 299 g/mol. The number of hydrazone groups is 1. The number of nitrogens with zero attached hydrogens (tertiary/aromatic N) is 1. The van der Waals surface area contributed by atoms with Crippen LogP contribution in [0.4, 0.5) is 5.69 Å². The summed E-state index contributed by atoms with van der Waals surface area (Å²) in [6.45, 7) is 2.05. The summed E-state index contributed by atoms with van der Waals surface area (Å²) in [7, 11) is 0. The minimum Gasteiger partial charge on any atom is -0.504 e. The first kappa shape index (κ1) is 15.4. The lowest BCUT2D eigenvalue weighted by Crippen LogP contribution is -2.26. The van der Waals surface area contributed by atoms with Gasteiger partial charge in [0.15, 0.2) is 11.5 Å². The van der Waals surface area contributed by atoms with Crippen LogP contribution in [0, 0.1) is 6.92 Å². The fourth-order valence-electron chi connectivity index (χ4n) is 1.79. The van der Waals surface area contributed by atoms with Crippen molar-refractivity contribution in [2.75, 3.05) is 11.9 Å². The highest BCUT2D eigenvalue weighted by Gasteiger charge is 2.02. The summed E-state index contributed by atoms with van der Waals surface area (Å²) in [6, 6.07) is 11.9. The van der Waals surface area contributed by atoms with E-state index in [2.05, 4.69) is 15.8 Å². The molecule has 114 valence electrons. The Balaban J connectivity index is 1.83. The minimum absolute atomic E-state index is 0.100. The van der Waals surface area contributed by atoms with Crippen LogP contribution >= 0.6 is 0 Å². The molecule has 0 aliphatic rings. The zero-order chi connectivity index (χ0) is 15.9. The largest absolute Gasteiger partial charge is 0.504 e. The maximum Gasteiger partial charge on any atom is 0.259 e. The molecule has 0 spiro atoms. The van der Waals surface area contributed by atoms with Crippen LogP contribution in [0.25, 0.3) is 0 Å². The predicted octanol–water partition coefficient (Wildman–Crippen LogP) is 1.97. The Kier molecular flexibility index (Phi) is 4.98. The molecule has 0 atom stereocenters. The van der Waals surface area contributed by atoms with Gasteiger partial charge in [-0.1, -0.05) is 18.2 Å². The Morgan fingerprint density at radius 2 is 1.95 bits per heavy atom. The monoisotopic (exact) mass is 299 g/mol. The molecule has 0 heterocycles. The van der Waals surface area contributed by atoms with Gasteiger partial charge in [0.2, 0.25) is 0 Å². The van der Waals surface area contributed by atoms with Gasteiger partial charge in [0.05, 0.1) is 12.8 Å². The molecule has 0 fully saturated rings. The molecule has 2 aromatic rings. The molecule has 0 unspecified atom stereocenters. The molecule has 4 N–H and O–H groups in total. The number of hydrogen-bond donors (Lipinski definition) is 4. The van der Waals surface area contributed by atoms with Crippen molar-refractivity contribution in [2.45, 2.75) is 6.92 Å². The van der Waals surface area contributed by atoms with Gasteiger partial charge >= 0.3 is 0 Å². The number of anilines is 1. The molecule has 0 saturated carbocycles. The van der Waals surface area contributed by atoms with E-state index < -0.39 is 0 Å². The summed E-state index contributed by atoms with van der Waals surface area (Å²) >= 11 is 0. The van der Waals surface area contributed by atoms with Crippen molar-refractivity contribution in [3.8, 4) is 11.5 Å². The lowest BCUT2D eigenvalue weighted by atomic mass is 10.2. The molecule has 22 heavy (non-hydrogen) atoms. The van der Waals surface area contributed by atoms with Crippen molar-refractivity contribution in [1.82, 2.24) is 5.43 Å². The lowest BCUT2D eigenvalue weighted by molar-refractivity contribution is -0.119. The van der Waals surface area contributed by atoms with Crippen molar-refractivity contribution in [2.24, 2.45) is 5.10 Å². The van der Waals surface area contributed by atoms with Crippen molar-refractivity contribution in [3.63, 3.8) is 0 Å². The summed E-state index contributed by atoms with van der Waals surface area (Å²) < 4.78 is 0. The number of hydrogen-bond acceptors (Lipinski definition) is 5. The van der Waals surface area contributed by atoms with E-state index in [1.165, 1.54) is 18.3 Å². The molecule has 6 heteroatoms. The molecule has 0 aliphatic heterocycles. The van der Waals surface area contributed by atoms with Crippen LogP contribution in [0.15, 0.2) is 47.6 Å². The fraction of sp³-hybridized carbons (Fsp3) is 0.125. The third-order valence-corrected chi connectivity index (χ3v) is 2.99. The van der Waals surface area contributed by atoms with E-state index >= 15 is 0 Å². The van der Waals surface area contributed by atoms with Crippen LogP contribution in [0.2, 0.25) is 0 Å². The van der Waals surface area contributed by atoms with E-state index in [0.29, 0.717) is 5.56 Å². The number of carbonyl (C=O) groups is 1. The Morgan fingerprint density at radius 1 is 1.18 bits per heavy atom. The lowest BCUT2D eigenvalue weighted by Gasteiger charge is -2.07. The zero-order valence-corrected chi connectivity index (χ0v) is 12.1. The number of nitrogens with one attached hydrogen (secondary N) is 2. The van der Waals surface area contributed by atoms with Gasteiger partial charge in [-0.05, 0) is 42.3 Å². The number of aromatic hydroxyl groups is 2. The number of rotatable bonds is 5. The SMILES string of the molecule is Cc1ccccc1NCC(=O)N/N=C/c1ccc(O)c(O)c1. The van der Waals surface area contributed by atoms with E-state index in [1.54, 1.807) is 6.07 Å². The fourth-order valence-corrected chi connectivity index (χ4v) is 1.79. The molecular weight excluding hydrogens is 282 g/mol. The standard InChI is InChI=1S/C16H17N3O3/c1-11-4-2-3-5-13(11)17-10-16(22)19-18-9-12-6-7-14(20)15(21)8-12/h2-9,17,20-21H,10H2,1H3,(H,19,22)/b18-9+. The summed E-state index contributed by atoms with van der Waals surface area (Å²) in [5.74, 6) is -0.734. The van der Waals surface area contributed by atoms with E-state index in [4.69, 9.17) is 0 Å². The topological polar surface area (TPSA) is 94.0 Å². The highest BCUT2D eigenvalue weighted by atomic mass is 16.3. The molecule has 0 saturated heterocycles. The molecule has 6 nitrogen and oxygen atoms in total. The second-order valence-electron chi connectivity index (χ2n) is 4.71. The summed E-state index contributed by atoms with van der Waals surface area (Å²) in [4.78, 5) is 11.7. The van der Waals surface area contributed by atoms with Crippen LogP contribution in [0.1, 0.15) is 11.1 Å². The van der Waals surface area contributed by atoms with Crippen LogP contribution in [-0.2, 0) is 4.79 Å². The Morgan fingerprint density at radius 3 is 2.68 bits per heavy atom. The predicted molar refractivity (Wildman–Crippen MR) is 85.2 cm³/mol. The van der Waals surface area contributed by atoms with Crippen molar-refractivity contribution < 1.29 is 15.0 Å². The number of para-hydroxylation sites is 1. The molecule has 2 rings (SSSR count). The molecule has 1 amide bonds. The first-order valence-electron chi connectivity index (χ1n) is 6.69. The molecular formula is C16H17N3O3. The van der Waals surface area contributed by atoms with Gasteiger partial charge in [0.1, 0.15) is 0 Å². The normalized spacial score (nSPS) is 10.6. The number of benzene rings is 2. The second-order valence-corrected chi connectivity index (χ2v) is 4.71. The van der Waals surface area contributed by atoms with Gasteiger partial charge in [-0.2, -0.15) is 5.10 Å². The first-order valence-corrected chi connectivity index (χ1v) is 6.69. The summed E-state index contributed by atoms with van der Waals surface area (Å²) in [6.07, 6.45) is 1.38. The van der Waals surface area contributed by atoms with Crippen molar-refractivity contribution in [1.29, 1.82) is 0 Å². The third kappa shape index (κ3) is 4.24. The highest BCUT2D eigenvalue weighted by Crippen LogP contribution is 2.23.